The Hall–Kier alpha value is -2.48. The molecule has 1 aliphatic heterocycles. The minimum atomic E-state index is -1.02. The molecule has 144 valence electrons. The van der Waals surface area contributed by atoms with E-state index in [0.717, 1.165) is 37.8 Å². The lowest BCUT2D eigenvalue weighted by atomic mass is 9.89. The van der Waals surface area contributed by atoms with Crippen LogP contribution in [0.1, 0.15) is 38.5 Å². The Morgan fingerprint density at radius 2 is 1.89 bits per heavy atom. The van der Waals surface area contributed by atoms with Gasteiger partial charge >= 0.3 is 11.8 Å². The fourth-order valence-electron chi connectivity index (χ4n) is 4.17. The molecule has 1 atom stereocenters. The molecular formula is C19H21F2N3O3. The normalized spacial score (nSPS) is 21.5. The van der Waals surface area contributed by atoms with Crippen LogP contribution in [-0.2, 0) is 14.3 Å². The number of ether oxygens (including phenoxy) is 1. The molecule has 6 nitrogen and oxygen atoms in total. The highest BCUT2D eigenvalue weighted by Gasteiger charge is 2.40. The number of benzene rings is 1. The van der Waals surface area contributed by atoms with Crippen molar-refractivity contribution in [2.75, 3.05) is 11.9 Å². The molecule has 1 aliphatic carbocycles. The monoisotopic (exact) mass is 377 g/mol. The van der Waals surface area contributed by atoms with Crippen LogP contribution in [0.15, 0.2) is 18.3 Å². The maximum Gasteiger partial charge on any atom is 0.313 e. The summed E-state index contributed by atoms with van der Waals surface area (Å²) in [5.74, 6) is -3.59. The molecule has 2 fully saturated rings. The van der Waals surface area contributed by atoms with Gasteiger partial charge in [-0.25, -0.2) is 8.78 Å². The van der Waals surface area contributed by atoms with E-state index in [0.29, 0.717) is 30.4 Å². The first kappa shape index (κ1) is 17.9. The van der Waals surface area contributed by atoms with Crippen molar-refractivity contribution in [3.05, 3.63) is 30.0 Å². The molecular weight excluding hydrogens is 356 g/mol. The maximum absolute atomic E-state index is 13.5. The first-order valence-corrected chi connectivity index (χ1v) is 9.18. The van der Waals surface area contributed by atoms with Crippen molar-refractivity contribution in [3.63, 3.8) is 0 Å². The molecule has 0 bridgehead atoms. The average Bonchev–Trinajstić information content (AvgIpc) is 3.23. The average molecular weight is 377 g/mol. The summed E-state index contributed by atoms with van der Waals surface area (Å²) in [4.78, 5) is 27.3. The predicted octanol–water partition coefficient (Wildman–Crippen LogP) is 2.99. The molecule has 8 heteroatoms. The van der Waals surface area contributed by atoms with Gasteiger partial charge in [0.25, 0.3) is 0 Å². The zero-order chi connectivity index (χ0) is 19.0. The highest BCUT2D eigenvalue weighted by molar-refractivity contribution is 6.40. The zero-order valence-corrected chi connectivity index (χ0v) is 14.7. The number of hydrogen-bond donors (Lipinski definition) is 3. The summed E-state index contributed by atoms with van der Waals surface area (Å²) in [6, 6.07) is 1.88. The first-order chi connectivity index (χ1) is 13.0. The van der Waals surface area contributed by atoms with Crippen molar-refractivity contribution < 1.29 is 23.1 Å². The van der Waals surface area contributed by atoms with Gasteiger partial charge in [-0.15, -0.1) is 0 Å². The number of H-pyrrole nitrogens is 1. The molecule has 2 aromatic rings. The number of anilines is 1. The van der Waals surface area contributed by atoms with Crippen LogP contribution < -0.4 is 10.6 Å². The lowest BCUT2D eigenvalue weighted by Crippen LogP contribution is -2.49. The van der Waals surface area contributed by atoms with Crippen LogP contribution in [0.3, 0.4) is 0 Å². The molecule has 2 heterocycles. The molecule has 0 radical (unpaired) electrons. The quantitative estimate of drug-likeness (QED) is 0.704. The van der Waals surface area contributed by atoms with Crippen LogP contribution in [-0.4, -0.2) is 35.0 Å². The predicted molar refractivity (Wildman–Crippen MR) is 95.2 cm³/mol. The number of carbonyl (C=O) groups is 2. The van der Waals surface area contributed by atoms with E-state index < -0.39 is 23.4 Å². The third kappa shape index (κ3) is 3.53. The molecule has 4 rings (SSSR count). The first-order valence-electron chi connectivity index (χ1n) is 9.18. The summed E-state index contributed by atoms with van der Waals surface area (Å²) in [5, 5.41) is 5.53. The van der Waals surface area contributed by atoms with E-state index in [1.807, 2.05) is 0 Å². The number of halogens is 2. The van der Waals surface area contributed by atoms with Crippen molar-refractivity contribution in [1.82, 2.24) is 10.3 Å². The van der Waals surface area contributed by atoms with Crippen molar-refractivity contribution in [3.8, 4) is 0 Å². The summed E-state index contributed by atoms with van der Waals surface area (Å²) < 4.78 is 32.7. The van der Waals surface area contributed by atoms with Crippen LogP contribution in [0.25, 0.3) is 10.9 Å². The van der Waals surface area contributed by atoms with E-state index in [4.69, 9.17) is 4.74 Å². The number of aromatic nitrogens is 1. The number of amides is 2. The van der Waals surface area contributed by atoms with Gasteiger partial charge < -0.3 is 20.4 Å². The molecule has 1 spiro atoms. The largest absolute Gasteiger partial charge is 0.375 e. The van der Waals surface area contributed by atoms with Crippen molar-refractivity contribution in [2.24, 2.45) is 0 Å². The Bertz CT molecular complexity index is 890. The van der Waals surface area contributed by atoms with Gasteiger partial charge in [0, 0.05) is 30.3 Å². The van der Waals surface area contributed by atoms with Crippen LogP contribution in [0.4, 0.5) is 14.5 Å². The minimum Gasteiger partial charge on any atom is -0.375 e. The summed E-state index contributed by atoms with van der Waals surface area (Å²) >= 11 is 0. The lowest BCUT2D eigenvalue weighted by molar-refractivity contribution is -0.138. The number of rotatable bonds is 2. The standard InChI is InChI=1S/C19H21F2N3O3/c20-13-7-12-15(8-14(13)21)22-10-16(12)24-18(26)17(25)23-11-3-6-27-19(9-11)4-1-2-5-19/h7-8,10-11,22H,1-6,9H2,(H,23,25)(H,24,26)/t11-/m0/s1. The van der Waals surface area contributed by atoms with Gasteiger partial charge in [-0.1, -0.05) is 12.8 Å². The van der Waals surface area contributed by atoms with Gasteiger partial charge in [-0.2, -0.15) is 0 Å². The fourth-order valence-corrected chi connectivity index (χ4v) is 4.17. The van der Waals surface area contributed by atoms with Gasteiger partial charge in [0.15, 0.2) is 11.6 Å². The van der Waals surface area contributed by atoms with E-state index in [1.165, 1.54) is 6.20 Å². The van der Waals surface area contributed by atoms with Crippen LogP contribution in [0, 0.1) is 11.6 Å². The zero-order valence-electron chi connectivity index (χ0n) is 14.7. The Morgan fingerprint density at radius 3 is 2.67 bits per heavy atom. The lowest BCUT2D eigenvalue weighted by Gasteiger charge is -2.38. The number of hydrogen-bond acceptors (Lipinski definition) is 3. The molecule has 1 aromatic heterocycles. The fraction of sp³-hybridized carbons (Fsp3) is 0.474. The Morgan fingerprint density at radius 1 is 1.15 bits per heavy atom. The molecule has 2 aliphatic rings. The summed E-state index contributed by atoms with van der Waals surface area (Å²) in [5.41, 5.74) is 0.394. The van der Waals surface area contributed by atoms with Gasteiger partial charge in [0.05, 0.1) is 16.8 Å². The van der Waals surface area contributed by atoms with Gasteiger partial charge in [-0.3, -0.25) is 9.59 Å². The molecule has 0 unspecified atom stereocenters. The van der Waals surface area contributed by atoms with E-state index >= 15 is 0 Å². The SMILES string of the molecule is O=C(Nc1c[nH]c2cc(F)c(F)cc12)C(=O)N[C@H]1CCOC2(CCCC2)C1. The number of carbonyl (C=O) groups excluding carboxylic acids is 2. The second kappa shape index (κ2) is 6.92. The van der Waals surface area contributed by atoms with Crippen molar-refractivity contribution >= 4 is 28.4 Å². The molecule has 2 amide bonds. The second-order valence-corrected chi connectivity index (χ2v) is 7.37. The van der Waals surface area contributed by atoms with Gasteiger partial charge in [0.1, 0.15) is 0 Å². The van der Waals surface area contributed by atoms with E-state index in [1.54, 1.807) is 0 Å². The molecule has 27 heavy (non-hydrogen) atoms. The Kier molecular flexibility index (Phi) is 4.59. The molecule has 1 saturated carbocycles. The molecule has 3 N–H and O–H groups in total. The van der Waals surface area contributed by atoms with Gasteiger partial charge in [-0.05, 0) is 31.7 Å². The third-order valence-electron chi connectivity index (χ3n) is 5.52. The highest BCUT2D eigenvalue weighted by atomic mass is 19.2. The second-order valence-electron chi connectivity index (χ2n) is 7.37. The molecule has 1 saturated heterocycles. The third-order valence-corrected chi connectivity index (χ3v) is 5.52. The Labute approximate surface area is 154 Å². The van der Waals surface area contributed by atoms with Crippen LogP contribution >= 0.6 is 0 Å². The van der Waals surface area contributed by atoms with E-state index in [9.17, 15) is 18.4 Å². The van der Waals surface area contributed by atoms with E-state index in [2.05, 4.69) is 15.6 Å². The van der Waals surface area contributed by atoms with Crippen molar-refractivity contribution in [2.45, 2.75) is 50.2 Å². The maximum atomic E-state index is 13.5. The number of fused-ring (bicyclic) bond motifs is 1. The topological polar surface area (TPSA) is 83.2 Å². The number of nitrogens with one attached hydrogen (secondary N) is 3. The van der Waals surface area contributed by atoms with Crippen LogP contribution in [0.2, 0.25) is 0 Å². The minimum absolute atomic E-state index is 0.107. The summed E-state index contributed by atoms with van der Waals surface area (Å²) in [7, 11) is 0. The summed E-state index contributed by atoms with van der Waals surface area (Å²) in [6.45, 7) is 0.569. The van der Waals surface area contributed by atoms with E-state index in [-0.39, 0.29) is 17.3 Å². The van der Waals surface area contributed by atoms with Crippen molar-refractivity contribution in [1.29, 1.82) is 0 Å². The molecule has 1 aromatic carbocycles. The highest BCUT2D eigenvalue weighted by Crippen LogP contribution is 2.40. The number of aromatic amines is 1. The summed E-state index contributed by atoms with van der Waals surface area (Å²) in [6.07, 6.45) is 7.00. The smallest absolute Gasteiger partial charge is 0.313 e. The van der Waals surface area contributed by atoms with Gasteiger partial charge in [0.2, 0.25) is 0 Å². The van der Waals surface area contributed by atoms with Crippen LogP contribution in [0.5, 0.6) is 0 Å². The Balaban J connectivity index is 1.41.